The van der Waals surface area contributed by atoms with Crippen molar-refractivity contribution in [1.29, 1.82) is 0 Å². The van der Waals surface area contributed by atoms with Gasteiger partial charge in [0, 0.05) is 30.2 Å². The molecule has 19 heavy (non-hydrogen) atoms. The highest BCUT2D eigenvalue weighted by molar-refractivity contribution is 7.09. The van der Waals surface area contributed by atoms with Gasteiger partial charge in [0.25, 0.3) is 0 Å². The molecule has 0 bridgehead atoms. The Bertz CT molecular complexity index is 483. The van der Waals surface area contributed by atoms with Crippen molar-refractivity contribution in [2.45, 2.75) is 19.0 Å². The maximum Gasteiger partial charge on any atom is 0.0794 e. The second-order valence-electron chi connectivity index (χ2n) is 4.97. The molecule has 1 aromatic heterocycles. The Morgan fingerprint density at radius 3 is 3.00 bits per heavy atom. The van der Waals surface area contributed by atoms with E-state index >= 15 is 0 Å². The van der Waals surface area contributed by atoms with Crippen LogP contribution in [0.4, 0.5) is 0 Å². The Kier molecular flexibility index (Phi) is 4.23. The first-order valence-corrected chi connectivity index (χ1v) is 7.68. The SMILES string of the molecule is c1ccc(C2CN(Cc3cncs3)CCCN2)cc1. The van der Waals surface area contributed by atoms with Crippen molar-refractivity contribution in [2.75, 3.05) is 19.6 Å². The van der Waals surface area contributed by atoms with E-state index in [9.17, 15) is 0 Å². The predicted molar refractivity (Wildman–Crippen MR) is 79.2 cm³/mol. The summed E-state index contributed by atoms with van der Waals surface area (Å²) in [6, 6.07) is 11.2. The van der Waals surface area contributed by atoms with Crippen LogP contribution < -0.4 is 5.32 Å². The van der Waals surface area contributed by atoms with Crippen LogP contribution in [0.25, 0.3) is 0 Å². The summed E-state index contributed by atoms with van der Waals surface area (Å²) in [4.78, 5) is 8.05. The maximum absolute atomic E-state index is 4.16. The first kappa shape index (κ1) is 12.8. The van der Waals surface area contributed by atoms with Crippen LogP contribution in [0.5, 0.6) is 0 Å². The second kappa shape index (κ2) is 6.28. The number of rotatable bonds is 3. The van der Waals surface area contributed by atoms with E-state index in [0.717, 1.165) is 26.2 Å². The predicted octanol–water partition coefficient (Wildman–Crippen LogP) is 2.68. The van der Waals surface area contributed by atoms with Crippen LogP contribution in [0, 0.1) is 0 Å². The van der Waals surface area contributed by atoms with E-state index in [-0.39, 0.29) is 0 Å². The van der Waals surface area contributed by atoms with Crippen molar-refractivity contribution >= 4 is 11.3 Å². The van der Waals surface area contributed by atoms with Gasteiger partial charge in [-0.1, -0.05) is 30.3 Å². The summed E-state index contributed by atoms with van der Waals surface area (Å²) in [6.07, 6.45) is 3.20. The van der Waals surface area contributed by atoms with E-state index in [4.69, 9.17) is 0 Å². The second-order valence-corrected chi connectivity index (χ2v) is 5.94. The zero-order valence-electron chi connectivity index (χ0n) is 11.0. The zero-order valence-corrected chi connectivity index (χ0v) is 11.8. The van der Waals surface area contributed by atoms with Gasteiger partial charge in [0.05, 0.1) is 5.51 Å². The summed E-state index contributed by atoms with van der Waals surface area (Å²) in [5.41, 5.74) is 3.30. The topological polar surface area (TPSA) is 28.2 Å². The van der Waals surface area contributed by atoms with Gasteiger partial charge in [-0.3, -0.25) is 9.88 Å². The minimum absolute atomic E-state index is 0.441. The number of hydrogen-bond acceptors (Lipinski definition) is 4. The molecular weight excluding hydrogens is 254 g/mol. The third-order valence-electron chi connectivity index (χ3n) is 3.55. The van der Waals surface area contributed by atoms with Gasteiger partial charge in [0.15, 0.2) is 0 Å². The molecule has 1 fully saturated rings. The Labute approximate surface area is 118 Å². The van der Waals surface area contributed by atoms with Gasteiger partial charge in [-0.2, -0.15) is 0 Å². The van der Waals surface area contributed by atoms with Crippen molar-refractivity contribution in [3.05, 3.63) is 52.5 Å². The molecule has 3 rings (SSSR count). The summed E-state index contributed by atoms with van der Waals surface area (Å²) in [5.74, 6) is 0. The van der Waals surface area contributed by atoms with Gasteiger partial charge in [-0.05, 0) is 25.1 Å². The molecule has 2 heterocycles. The normalized spacial score (nSPS) is 21.2. The quantitative estimate of drug-likeness (QED) is 0.932. The molecule has 0 radical (unpaired) electrons. The van der Waals surface area contributed by atoms with Crippen molar-refractivity contribution in [2.24, 2.45) is 0 Å². The fourth-order valence-electron chi connectivity index (χ4n) is 2.59. The molecule has 1 N–H and O–H groups in total. The van der Waals surface area contributed by atoms with Gasteiger partial charge in [-0.25, -0.2) is 0 Å². The molecule has 0 saturated carbocycles. The molecule has 1 atom stereocenters. The van der Waals surface area contributed by atoms with Gasteiger partial charge < -0.3 is 5.32 Å². The van der Waals surface area contributed by atoms with Gasteiger partial charge in [0.1, 0.15) is 0 Å². The molecule has 1 aromatic carbocycles. The number of benzene rings is 1. The van der Waals surface area contributed by atoms with Gasteiger partial charge in [-0.15, -0.1) is 11.3 Å². The first-order valence-electron chi connectivity index (χ1n) is 6.80. The lowest BCUT2D eigenvalue weighted by Gasteiger charge is -2.24. The minimum atomic E-state index is 0.441. The molecule has 1 aliphatic heterocycles. The van der Waals surface area contributed by atoms with E-state index in [2.05, 4.69) is 45.5 Å². The van der Waals surface area contributed by atoms with Crippen LogP contribution in [0.2, 0.25) is 0 Å². The molecule has 3 nitrogen and oxygen atoms in total. The van der Waals surface area contributed by atoms with Gasteiger partial charge >= 0.3 is 0 Å². The smallest absolute Gasteiger partial charge is 0.0794 e. The third kappa shape index (κ3) is 3.41. The van der Waals surface area contributed by atoms with Crippen LogP contribution in [0.15, 0.2) is 42.0 Å². The monoisotopic (exact) mass is 273 g/mol. The molecule has 0 spiro atoms. The fraction of sp³-hybridized carbons (Fsp3) is 0.400. The number of nitrogens with zero attached hydrogens (tertiary/aromatic N) is 2. The van der Waals surface area contributed by atoms with E-state index in [1.807, 2.05) is 11.7 Å². The average Bonchev–Trinajstić information content (AvgIpc) is 2.84. The van der Waals surface area contributed by atoms with E-state index in [0.29, 0.717) is 6.04 Å². The first-order chi connectivity index (χ1) is 9.42. The van der Waals surface area contributed by atoms with Crippen LogP contribution in [-0.4, -0.2) is 29.5 Å². The molecule has 1 unspecified atom stereocenters. The summed E-state index contributed by atoms with van der Waals surface area (Å²) in [6.45, 7) is 4.35. The lowest BCUT2D eigenvalue weighted by molar-refractivity contribution is 0.263. The van der Waals surface area contributed by atoms with Crippen LogP contribution in [-0.2, 0) is 6.54 Å². The van der Waals surface area contributed by atoms with Crippen LogP contribution in [0.1, 0.15) is 22.9 Å². The Morgan fingerprint density at radius 2 is 2.21 bits per heavy atom. The van der Waals surface area contributed by atoms with E-state index in [1.165, 1.54) is 16.9 Å². The van der Waals surface area contributed by atoms with Gasteiger partial charge in [0.2, 0.25) is 0 Å². The molecule has 1 saturated heterocycles. The van der Waals surface area contributed by atoms with E-state index in [1.54, 1.807) is 11.3 Å². The molecule has 0 aliphatic carbocycles. The molecule has 2 aromatic rings. The van der Waals surface area contributed by atoms with E-state index < -0.39 is 0 Å². The number of nitrogens with one attached hydrogen (secondary N) is 1. The third-order valence-corrected chi connectivity index (χ3v) is 4.31. The van der Waals surface area contributed by atoms with Crippen LogP contribution >= 0.6 is 11.3 Å². The zero-order chi connectivity index (χ0) is 12.9. The Morgan fingerprint density at radius 1 is 1.32 bits per heavy atom. The number of hydrogen-bond donors (Lipinski definition) is 1. The highest BCUT2D eigenvalue weighted by atomic mass is 32.1. The van der Waals surface area contributed by atoms with Crippen molar-refractivity contribution < 1.29 is 0 Å². The van der Waals surface area contributed by atoms with Crippen LogP contribution in [0.3, 0.4) is 0 Å². The number of aromatic nitrogens is 1. The van der Waals surface area contributed by atoms with Crippen molar-refractivity contribution in [3.63, 3.8) is 0 Å². The Balaban J connectivity index is 1.69. The van der Waals surface area contributed by atoms with Crippen molar-refractivity contribution in [1.82, 2.24) is 15.2 Å². The molecule has 4 heteroatoms. The highest BCUT2D eigenvalue weighted by Gasteiger charge is 2.19. The number of thiazole rings is 1. The Hall–Kier alpha value is -1.23. The molecule has 0 amide bonds. The molecule has 1 aliphatic rings. The fourth-order valence-corrected chi connectivity index (χ4v) is 3.22. The van der Waals surface area contributed by atoms with Crippen molar-refractivity contribution in [3.8, 4) is 0 Å². The summed E-state index contributed by atoms with van der Waals surface area (Å²) >= 11 is 1.75. The lowest BCUT2D eigenvalue weighted by Crippen LogP contribution is -2.30. The highest BCUT2D eigenvalue weighted by Crippen LogP contribution is 2.19. The standard InChI is InChI=1S/C15H19N3S/c1-2-5-13(6-3-1)15-11-18(8-4-7-17-15)10-14-9-16-12-19-14/h1-3,5-6,9,12,15,17H,4,7-8,10-11H2. The largest absolute Gasteiger partial charge is 0.309 e. The summed E-state index contributed by atoms with van der Waals surface area (Å²) in [5, 5.41) is 3.65. The minimum Gasteiger partial charge on any atom is -0.309 e. The molecule has 100 valence electrons. The summed E-state index contributed by atoms with van der Waals surface area (Å²) in [7, 11) is 0. The lowest BCUT2D eigenvalue weighted by atomic mass is 10.1. The average molecular weight is 273 g/mol. The summed E-state index contributed by atoms with van der Waals surface area (Å²) < 4.78 is 0. The maximum atomic E-state index is 4.16. The molecular formula is C15H19N3S.